The Morgan fingerprint density at radius 2 is 2.05 bits per heavy atom. The largest absolute Gasteiger partial charge is 0.399 e. The van der Waals surface area contributed by atoms with Gasteiger partial charge in [-0.25, -0.2) is 0 Å². The predicted molar refractivity (Wildman–Crippen MR) is 85.3 cm³/mol. The van der Waals surface area contributed by atoms with Gasteiger partial charge in [-0.1, -0.05) is 33.6 Å². The molecule has 0 fully saturated rings. The van der Waals surface area contributed by atoms with Crippen LogP contribution in [-0.4, -0.2) is 10.8 Å². The van der Waals surface area contributed by atoms with Crippen LogP contribution in [0, 0.1) is 0 Å². The molecular weight excluding hydrogens is 340 g/mol. The average Bonchev–Trinajstić information content (AvgIpc) is 2.82. The van der Waals surface area contributed by atoms with Crippen LogP contribution in [0.15, 0.2) is 47.1 Å². The summed E-state index contributed by atoms with van der Waals surface area (Å²) in [5.74, 6) is -0.114. The lowest BCUT2D eigenvalue weighted by Crippen LogP contribution is -2.01. The molecule has 20 heavy (non-hydrogen) atoms. The van der Waals surface area contributed by atoms with Crippen LogP contribution < -0.4 is 5.73 Å². The van der Waals surface area contributed by atoms with Gasteiger partial charge in [-0.2, -0.15) is 0 Å². The van der Waals surface area contributed by atoms with Gasteiger partial charge >= 0.3 is 0 Å². The van der Waals surface area contributed by atoms with Gasteiger partial charge in [-0.05, 0) is 30.3 Å². The molecule has 0 aliphatic heterocycles. The van der Waals surface area contributed by atoms with Crippen LogP contribution in [0.2, 0.25) is 5.02 Å². The second-order valence-electron chi connectivity index (χ2n) is 4.47. The van der Waals surface area contributed by atoms with Crippen molar-refractivity contribution in [3.05, 3.63) is 63.2 Å². The smallest absolute Gasteiger partial charge is 0.195 e. The molecule has 0 saturated heterocycles. The van der Waals surface area contributed by atoms with Crippen LogP contribution in [0.5, 0.6) is 0 Å². The number of hydrogen-bond acceptors (Lipinski definition) is 2. The Labute approximate surface area is 128 Å². The van der Waals surface area contributed by atoms with Crippen molar-refractivity contribution < 1.29 is 4.79 Å². The summed E-state index contributed by atoms with van der Waals surface area (Å²) in [7, 11) is 0. The molecule has 0 radical (unpaired) electrons. The van der Waals surface area contributed by atoms with E-state index in [1.165, 1.54) is 0 Å². The number of nitrogens with two attached hydrogens (primary N) is 1. The summed E-state index contributed by atoms with van der Waals surface area (Å²) in [6.07, 6.45) is 1.68. The van der Waals surface area contributed by atoms with Crippen molar-refractivity contribution in [2.45, 2.75) is 0 Å². The second kappa shape index (κ2) is 4.96. The Balaban J connectivity index is 2.18. The van der Waals surface area contributed by atoms with E-state index in [2.05, 4.69) is 20.9 Å². The van der Waals surface area contributed by atoms with Gasteiger partial charge in [0.25, 0.3) is 0 Å². The first-order valence-electron chi connectivity index (χ1n) is 5.92. The van der Waals surface area contributed by atoms with Crippen LogP contribution in [0.4, 0.5) is 5.69 Å². The topological polar surface area (TPSA) is 58.9 Å². The minimum atomic E-state index is -0.114. The molecule has 100 valence electrons. The molecule has 0 aliphatic rings. The predicted octanol–water partition coefficient (Wildman–Crippen LogP) is 4.40. The number of carbonyl (C=O) groups excluding carboxylic acids is 1. The summed E-state index contributed by atoms with van der Waals surface area (Å²) >= 11 is 9.53. The van der Waals surface area contributed by atoms with Crippen molar-refractivity contribution in [3.8, 4) is 0 Å². The first-order valence-corrected chi connectivity index (χ1v) is 7.10. The van der Waals surface area contributed by atoms with Gasteiger partial charge < -0.3 is 10.7 Å². The van der Waals surface area contributed by atoms with E-state index in [0.717, 1.165) is 15.4 Å². The Kier molecular flexibility index (Phi) is 3.28. The molecule has 0 bridgehead atoms. The number of fused-ring (bicyclic) bond motifs is 1. The number of hydrogen-bond donors (Lipinski definition) is 2. The van der Waals surface area contributed by atoms with Crippen molar-refractivity contribution in [2.24, 2.45) is 0 Å². The van der Waals surface area contributed by atoms with E-state index in [1.807, 2.05) is 12.1 Å². The first kappa shape index (κ1) is 13.2. The van der Waals surface area contributed by atoms with Gasteiger partial charge in [0, 0.05) is 38.4 Å². The molecule has 0 saturated carbocycles. The summed E-state index contributed by atoms with van der Waals surface area (Å²) in [5.41, 5.74) is 8.22. The molecular formula is C15H10BrClN2O. The number of nitrogens with one attached hydrogen (secondary N) is 1. The highest BCUT2D eigenvalue weighted by Crippen LogP contribution is 2.29. The molecule has 2 aromatic carbocycles. The van der Waals surface area contributed by atoms with E-state index in [0.29, 0.717) is 21.8 Å². The third kappa shape index (κ3) is 2.21. The molecule has 0 spiro atoms. The first-order chi connectivity index (χ1) is 9.56. The summed E-state index contributed by atoms with van der Waals surface area (Å²) in [5, 5.41) is 1.28. The van der Waals surface area contributed by atoms with E-state index in [1.54, 1.807) is 30.5 Å². The van der Waals surface area contributed by atoms with E-state index in [-0.39, 0.29) is 5.78 Å². The van der Waals surface area contributed by atoms with Gasteiger partial charge in [-0.3, -0.25) is 4.79 Å². The van der Waals surface area contributed by atoms with Crippen molar-refractivity contribution in [1.29, 1.82) is 0 Å². The lowest BCUT2D eigenvalue weighted by Gasteiger charge is -2.03. The maximum absolute atomic E-state index is 12.6. The lowest BCUT2D eigenvalue weighted by molar-refractivity contribution is 0.104. The fourth-order valence-corrected chi connectivity index (χ4v) is 3.01. The molecule has 0 amide bonds. The van der Waals surface area contributed by atoms with E-state index in [4.69, 9.17) is 17.3 Å². The number of benzene rings is 2. The van der Waals surface area contributed by atoms with Crippen LogP contribution in [0.3, 0.4) is 0 Å². The maximum Gasteiger partial charge on any atom is 0.195 e. The van der Waals surface area contributed by atoms with Crippen LogP contribution in [0.1, 0.15) is 15.9 Å². The van der Waals surface area contributed by atoms with Gasteiger partial charge in [0.2, 0.25) is 0 Å². The van der Waals surface area contributed by atoms with Gasteiger partial charge in [-0.15, -0.1) is 0 Å². The van der Waals surface area contributed by atoms with E-state index < -0.39 is 0 Å². The van der Waals surface area contributed by atoms with E-state index in [9.17, 15) is 4.79 Å². The fraction of sp³-hybridized carbons (Fsp3) is 0. The highest BCUT2D eigenvalue weighted by atomic mass is 79.9. The number of anilines is 1. The third-order valence-corrected chi connectivity index (χ3v) is 3.85. The lowest BCUT2D eigenvalue weighted by atomic mass is 10.0. The molecule has 3 N–H and O–H groups in total. The molecule has 1 heterocycles. The Bertz CT molecular complexity index is 806. The minimum Gasteiger partial charge on any atom is -0.399 e. The van der Waals surface area contributed by atoms with Crippen LogP contribution in [0.25, 0.3) is 10.9 Å². The number of rotatable bonds is 2. The number of carbonyl (C=O) groups is 1. The number of nitrogen functional groups attached to an aromatic ring is 1. The zero-order chi connectivity index (χ0) is 14.3. The van der Waals surface area contributed by atoms with Crippen molar-refractivity contribution in [2.75, 3.05) is 5.73 Å². The quantitative estimate of drug-likeness (QED) is 0.532. The monoisotopic (exact) mass is 348 g/mol. The molecule has 3 rings (SSSR count). The van der Waals surface area contributed by atoms with Crippen molar-refractivity contribution in [1.82, 2.24) is 4.98 Å². The number of halogens is 2. The maximum atomic E-state index is 12.6. The molecule has 0 atom stereocenters. The third-order valence-electron chi connectivity index (χ3n) is 3.08. The summed E-state index contributed by atoms with van der Waals surface area (Å²) < 4.78 is 0.770. The molecule has 0 unspecified atom stereocenters. The number of aromatic amines is 1. The van der Waals surface area contributed by atoms with Crippen LogP contribution >= 0.6 is 27.5 Å². The number of H-pyrrole nitrogens is 1. The molecule has 1 aromatic heterocycles. The van der Waals surface area contributed by atoms with Gasteiger partial charge in [0.05, 0.1) is 5.02 Å². The Morgan fingerprint density at radius 1 is 1.25 bits per heavy atom. The Hall–Kier alpha value is -1.78. The average molecular weight is 350 g/mol. The van der Waals surface area contributed by atoms with Crippen molar-refractivity contribution in [3.63, 3.8) is 0 Å². The van der Waals surface area contributed by atoms with Crippen LogP contribution in [-0.2, 0) is 0 Å². The molecule has 3 nitrogen and oxygen atoms in total. The highest BCUT2D eigenvalue weighted by Gasteiger charge is 2.16. The summed E-state index contributed by atoms with van der Waals surface area (Å²) in [6.45, 7) is 0. The molecule has 0 aliphatic carbocycles. The standard InChI is InChI=1S/C15H10BrClN2O/c16-9-4-8(5-10(18)6-9)15(20)11-7-19-13-3-1-2-12(17)14(11)13/h1-7,19H,18H2. The number of ketones is 1. The van der Waals surface area contributed by atoms with Gasteiger partial charge in [0.15, 0.2) is 5.78 Å². The zero-order valence-electron chi connectivity index (χ0n) is 10.3. The highest BCUT2D eigenvalue weighted by molar-refractivity contribution is 9.10. The second-order valence-corrected chi connectivity index (χ2v) is 5.79. The van der Waals surface area contributed by atoms with Crippen molar-refractivity contribution >= 4 is 49.9 Å². The van der Waals surface area contributed by atoms with E-state index >= 15 is 0 Å². The summed E-state index contributed by atoms with van der Waals surface area (Å²) in [4.78, 5) is 15.7. The Morgan fingerprint density at radius 3 is 2.80 bits per heavy atom. The normalized spacial score (nSPS) is 10.9. The molecule has 3 aromatic rings. The number of aromatic nitrogens is 1. The fourth-order valence-electron chi connectivity index (χ4n) is 2.22. The molecule has 5 heteroatoms. The van der Waals surface area contributed by atoms with Gasteiger partial charge in [0.1, 0.15) is 0 Å². The zero-order valence-corrected chi connectivity index (χ0v) is 12.6. The summed E-state index contributed by atoms with van der Waals surface area (Å²) in [6, 6.07) is 10.6. The SMILES string of the molecule is Nc1cc(Br)cc(C(=O)c2c[nH]c3cccc(Cl)c23)c1. The minimum absolute atomic E-state index is 0.114.